The van der Waals surface area contributed by atoms with E-state index in [-0.39, 0.29) is 12.2 Å². The zero-order valence-corrected chi connectivity index (χ0v) is 36.8. The van der Waals surface area contributed by atoms with Crippen LogP contribution in [0.5, 0.6) is 0 Å². The number of rotatable bonds is 36. The van der Waals surface area contributed by atoms with Crippen molar-refractivity contribution >= 4 is 88.4 Å². The molecule has 0 amide bonds. The topological polar surface area (TPSA) is 83.1 Å². The second-order valence-corrected chi connectivity index (χ2v) is 14.1. The molecular formula is C33H72O9S7. The lowest BCUT2D eigenvalue weighted by molar-refractivity contribution is -0.0812. The van der Waals surface area contributed by atoms with Crippen LogP contribution >= 0.6 is 88.4 Å². The van der Waals surface area contributed by atoms with E-state index >= 15 is 0 Å². The number of methoxy groups -OCH3 is 3. The van der Waals surface area contributed by atoms with E-state index in [4.69, 9.17) is 42.6 Å². The molecule has 0 radical (unpaired) electrons. The van der Waals surface area contributed by atoms with Crippen LogP contribution in [0.4, 0.5) is 0 Å². The molecule has 0 spiro atoms. The molecule has 0 aromatic heterocycles. The Balaban J connectivity index is -0.000000649. The first-order valence-corrected chi connectivity index (χ1v) is 21.5. The summed E-state index contributed by atoms with van der Waals surface area (Å²) in [7, 11) is 4.96. The molecule has 0 rings (SSSR count). The zero-order valence-electron chi connectivity index (χ0n) is 30.6. The van der Waals surface area contributed by atoms with Crippen molar-refractivity contribution in [1.29, 1.82) is 0 Å². The molecule has 0 aliphatic heterocycles. The summed E-state index contributed by atoms with van der Waals surface area (Å²) in [6, 6.07) is 0. The summed E-state index contributed by atoms with van der Waals surface area (Å²) in [5.74, 6) is 5.57. The fraction of sp³-hybridized carbons (Fsp3) is 1.00. The highest BCUT2D eigenvalue weighted by Crippen LogP contribution is 2.23. The fourth-order valence-electron chi connectivity index (χ4n) is 3.55. The molecule has 1 unspecified atom stereocenters. The minimum atomic E-state index is -0.0695. The Morgan fingerprint density at radius 2 is 0.857 bits per heavy atom. The molecule has 0 fully saturated rings. The van der Waals surface area contributed by atoms with Crippen molar-refractivity contribution in [2.24, 2.45) is 11.3 Å². The standard InChI is InChI=1S/2C12H26O3S2.C9H20O3S3/c1-13-8-9-15-11-14-7-4-2-3-5-12(17)6-10-16;1-13-7-8-15-11-14-6-4-2-3-5-12(9-16)10-17;1-10-2-3-11-8-12-4-9(5-13,6-14)7-15/h2*12,16-17H,2-11H2,1H3;13-15H,2-8H2,1H3. The summed E-state index contributed by atoms with van der Waals surface area (Å²) in [4.78, 5) is 0. The highest BCUT2D eigenvalue weighted by molar-refractivity contribution is 7.82. The molecule has 0 aliphatic carbocycles. The summed E-state index contributed by atoms with van der Waals surface area (Å²) in [5, 5.41) is 0.505. The molecule has 0 bridgehead atoms. The molecule has 0 aromatic carbocycles. The minimum absolute atomic E-state index is 0.0695. The predicted molar refractivity (Wildman–Crippen MR) is 229 cm³/mol. The van der Waals surface area contributed by atoms with Gasteiger partial charge in [0.05, 0.1) is 46.2 Å². The Morgan fingerprint density at radius 1 is 0.449 bits per heavy atom. The monoisotopic (exact) mass is 836 g/mol. The van der Waals surface area contributed by atoms with Gasteiger partial charge in [0.15, 0.2) is 0 Å². The third-order valence-corrected chi connectivity index (χ3v) is 10.7. The van der Waals surface area contributed by atoms with E-state index in [0.717, 1.165) is 49.7 Å². The average Bonchev–Trinajstić information content (AvgIpc) is 3.12. The Labute approximate surface area is 339 Å². The maximum absolute atomic E-state index is 5.39. The van der Waals surface area contributed by atoms with Crippen LogP contribution in [0.3, 0.4) is 0 Å². The number of hydrogen-bond acceptors (Lipinski definition) is 16. The van der Waals surface area contributed by atoms with E-state index < -0.39 is 0 Å². The van der Waals surface area contributed by atoms with Crippen LogP contribution in [-0.2, 0) is 42.6 Å². The van der Waals surface area contributed by atoms with Crippen molar-refractivity contribution in [3.8, 4) is 0 Å². The molecule has 0 N–H and O–H groups in total. The predicted octanol–water partition coefficient (Wildman–Crippen LogP) is 6.86. The van der Waals surface area contributed by atoms with Gasteiger partial charge in [-0.2, -0.15) is 88.4 Å². The molecule has 0 aromatic rings. The third kappa shape index (κ3) is 44.4. The normalized spacial score (nSPS) is 12.1. The summed E-state index contributed by atoms with van der Waals surface area (Å²) in [6.07, 6.45) is 10.5. The van der Waals surface area contributed by atoms with Gasteiger partial charge in [0.2, 0.25) is 0 Å². The molecule has 300 valence electrons. The van der Waals surface area contributed by atoms with Crippen LogP contribution in [0.15, 0.2) is 0 Å². The lowest BCUT2D eigenvalue weighted by Crippen LogP contribution is -2.33. The number of unbranched alkanes of at least 4 members (excludes halogenated alkanes) is 4. The Morgan fingerprint density at radius 3 is 1.24 bits per heavy atom. The van der Waals surface area contributed by atoms with Gasteiger partial charge >= 0.3 is 0 Å². The summed E-state index contributed by atoms with van der Waals surface area (Å²) in [5.41, 5.74) is -0.0695. The highest BCUT2D eigenvalue weighted by atomic mass is 32.1. The van der Waals surface area contributed by atoms with Gasteiger partial charge in [0, 0.05) is 45.2 Å². The maximum Gasteiger partial charge on any atom is 0.146 e. The van der Waals surface area contributed by atoms with Gasteiger partial charge < -0.3 is 42.6 Å². The quantitative estimate of drug-likeness (QED) is 0.0208. The minimum Gasteiger partial charge on any atom is -0.382 e. The van der Waals surface area contributed by atoms with Crippen LogP contribution in [0.2, 0.25) is 0 Å². The third-order valence-electron chi connectivity index (χ3n) is 6.92. The van der Waals surface area contributed by atoms with E-state index in [1.54, 1.807) is 21.3 Å². The molecule has 0 heterocycles. The SMILES string of the molecule is COCCOCOCC(CS)(CS)CS.COCCOCOCCCCCC(CS)CS.COCCOCOCCCCCC(S)CCS. The Hall–Kier alpha value is 2.09. The molecule has 9 nitrogen and oxygen atoms in total. The molecule has 0 aliphatic rings. The average molecular weight is 837 g/mol. The Bertz CT molecular complexity index is 578. The van der Waals surface area contributed by atoms with Crippen molar-refractivity contribution in [3.63, 3.8) is 0 Å². The molecule has 49 heavy (non-hydrogen) atoms. The second kappa shape index (κ2) is 48.1. The van der Waals surface area contributed by atoms with Gasteiger partial charge in [-0.25, -0.2) is 0 Å². The van der Waals surface area contributed by atoms with E-state index in [0.29, 0.717) is 88.3 Å². The van der Waals surface area contributed by atoms with Crippen molar-refractivity contribution < 1.29 is 42.6 Å². The summed E-state index contributed by atoms with van der Waals surface area (Å²) < 4.78 is 46.1. The van der Waals surface area contributed by atoms with Gasteiger partial charge in [-0.15, -0.1) is 0 Å². The van der Waals surface area contributed by atoms with Crippen LogP contribution in [-0.4, -0.2) is 141 Å². The smallest absolute Gasteiger partial charge is 0.146 e. The van der Waals surface area contributed by atoms with E-state index in [2.05, 4.69) is 88.4 Å². The molecule has 0 saturated heterocycles. The second-order valence-electron chi connectivity index (χ2n) is 11.3. The fourth-order valence-corrected chi connectivity index (χ4v) is 6.68. The van der Waals surface area contributed by atoms with Crippen molar-refractivity contribution in [2.45, 2.75) is 63.0 Å². The van der Waals surface area contributed by atoms with Crippen molar-refractivity contribution in [1.82, 2.24) is 0 Å². The molecule has 1 atom stereocenters. The van der Waals surface area contributed by atoms with Gasteiger partial charge in [-0.3, -0.25) is 0 Å². The van der Waals surface area contributed by atoms with Gasteiger partial charge in [-0.1, -0.05) is 25.7 Å². The lowest BCUT2D eigenvalue weighted by atomic mass is 9.97. The zero-order chi connectivity index (χ0) is 37.1. The van der Waals surface area contributed by atoms with E-state index in [1.165, 1.54) is 38.5 Å². The first-order valence-electron chi connectivity index (χ1n) is 17.2. The maximum atomic E-state index is 5.39. The number of thiol groups is 7. The molecule has 16 heteroatoms. The van der Waals surface area contributed by atoms with Gasteiger partial charge in [0.25, 0.3) is 0 Å². The number of ether oxygens (including phenoxy) is 9. The molecular weight excluding hydrogens is 765 g/mol. The first kappa shape index (κ1) is 55.4. The van der Waals surface area contributed by atoms with Crippen LogP contribution in [0, 0.1) is 11.3 Å². The Kier molecular flexibility index (Phi) is 54.4. The van der Waals surface area contributed by atoms with Crippen molar-refractivity contribution in [2.75, 3.05) is 136 Å². The van der Waals surface area contributed by atoms with Crippen LogP contribution < -0.4 is 0 Å². The lowest BCUT2D eigenvalue weighted by Gasteiger charge is -2.28. The van der Waals surface area contributed by atoms with Gasteiger partial charge in [-0.05, 0) is 72.5 Å². The first-order chi connectivity index (χ1) is 23.9. The van der Waals surface area contributed by atoms with Gasteiger partial charge in [0.1, 0.15) is 20.4 Å². The van der Waals surface area contributed by atoms with E-state index in [9.17, 15) is 0 Å². The summed E-state index contributed by atoms with van der Waals surface area (Å²) in [6.45, 7) is 6.72. The van der Waals surface area contributed by atoms with Crippen LogP contribution in [0.25, 0.3) is 0 Å². The summed E-state index contributed by atoms with van der Waals surface area (Å²) >= 11 is 30.1. The number of hydrogen-bond donors (Lipinski definition) is 7. The largest absolute Gasteiger partial charge is 0.382 e. The van der Waals surface area contributed by atoms with Crippen molar-refractivity contribution in [3.05, 3.63) is 0 Å². The highest BCUT2D eigenvalue weighted by Gasteiger charge is 2.25. The molecule has 0 saturated carbocycles. The van der Waals surface area contributed by atoms with E-state index in [1.807, 2.05) is 0 Å². The van der Waals surface area contributed by atoms with Crippen LogP contribution in [0.1, 0.15) is 57.8 Å².